The Balaban J connectivity index is 1.72. The normalized spacial score (nSPS) is 10.8. The molecule has 0 spiro atoms. The summed E-state index contributed by atoms with van der Waals surface area (Å²) in [5, 5.41) is 2.40. The van der Waals surface area contributed by atoms with E-state index in [2.05, 4.69) is 10.6 Å². The number of benzene rings is 1. The second-order valence-electron chi connectivity index (χ2n) is 6.05. The number of ketones is 1. The zero-order chi connectivity index (χ0) is 19.6. The Hall–Kier alpha value is -2.08. The first-order valence-corrected chi connectivity index (χ1v) is 9.85. The van der Waals surface area contributed by atoms with Gasteiger partial charge < -0.3 is 9.30 Å². The first-order chi connectivity index (χ1) is 12.9. The summed E-state index contributed by atoms with van der Waals surface area (Å²) in [7, 11) is 0. The number of Topliss-reactive ketones (excluding diaryl/α,β-unsaturated/α-hetero) is 1. The molecule has 4 nitrogen and oxygen atoms in total. The molecule has 3 aromatic rings. The minimum atomic E-state index is -0.716. The van der Waals surface area contributed by atoms with Crippen LogP contribution in [-0.4, -0.2) is 22.9 Å². The van der Waals surface area contributed by atoms with E-state index in [1.165, 1.54) is 4.88 Å². The average molecular weight is 422 g/mol. The number of hydrogen-bond donors (Lipinski definition) is 0. The molecule has 3 rings (SSSR count). The lowest BCUT2D eigenvalue weighted by Gasteiger charge is -2.09. The van der Waals surface area contributed by atoms with Crippen molar-refractivity contribution in [1.82, 2.24) is 4.57 Å². The smallest absolute Gasteiger partial charge is 0.341 e. The highest BCUT2D eigenvalue weighted by molar-refractivity contribution is 7.09. The van der Waals surface area contributed by atoms with Crippen molar-refractivity contribution in [2.75, 3.05) is 6.61 Å². The number of rotatable bonds is 6. The Morgan fingerprint density at radius 2 is 1.81 bits per heavy atom. The number of hydrogen-bond acceptors (Lipinski definition) is 4. The fourth-order valence-electron chi connectivity index (χ4n) is 2.86. The summed E-state index contributed by atoms with van der Waals surface area (Å²) in [6, 6.07) is 10.6. The quantitative estimate of drug-likeness (QED) is 0.386. The van der Waals surface area contributed by atoms with E-state index >= 15 is 0 Å². The number of carbonyl (C=O) groups is 2. The molecule has 2 heterocycles. The van der Waals surface area contributed by atoms with Gasteiger partial charge in [-0.25, -0.2) is 4.79 Å². The molecule has 2 aromatic heterocycles. The van der Waals surface area contributed by atoms with Crippen LogP contribution in [0.2, 0.25) is 10.0 Å². The highest BCUT2D eigenvalue weighted by Gasteiger charge is 2.20. The number of thiophene rings is 1. The first-order valence-electron chi connectivity index (χ1n) is 8.22. The Bertz CT molecular complexity index is 973. The molecule has 0 aliphatic heterocycles. The maximum atomic E-state index is 12.6. The van der Waals surface area contributed by atoms with E-state index in [0.717, 1.165) is 11.4 Å². The van der Waals surface area contributed by atoms with E-state index in [0.29, 0.717) is 12.1 Å². The predicted octanol–water partition coefficient (Wildman–Crippen LogP) is 5.56. The minimum absolute atomic E-state index is 0.0665. The molecule has 0 fully saturated rings. The molecule has 0 N–H and O–H groups in total. The summed E-state index contributed by atoms with van der Waals surface area (Å²) < 4.78 is 7.23. The van der Waals surface area contributed by atoms with Gasteiger partial charge in [0.15, 0.2) is 6.61 Å². The monoisotopic (exact) mass is 421 g/mol. The fraction of sp³-hybridized carbons (Fsp3) is 0.200. The van der Waals surface area contributed by atoms with Crippen LogP contribution in [0.3, 0.4) is 0 Å². The molecule has 0 unspecified atom stereocenters. The largest absolute Gasteiger partial charge is 0.454 e. The van der Waals surface area contributed by atoms with Gasteiger partial charge in [-0.1, -0.05) is 35.3 Å². The highest BCUT2D eigenvalue weighted by Crippen LogP contribution is 2.25. The van der Waals surface area contributed by atoms with Crippen LogP contribution in [0.1, 0.15) is 37.0 Å². The van der Waals surface area contributed by atoms with Gasteiger partial charge in [-0.15, -0.1) is 11.3 Å². The number of esters is 1. The molecule has 7 heteroatoms. The summed E-state index contributed by atoms with van der Waals surface area (Å²) in [6.07, 6.45) is 0. The Labute approximate surface area is 171 Å². The van der Waals surface area contributed by atoms with Gasteiger partial charge in [-0.3, -0.25) is 4.79 Å². The topological polar surface area (TPSA) is 48.3 Å². The molecule has 0 amide bonds. The van der Waals surface area contributed by atoms with Crippen LogP contribution in [0.4, 0.5) is 0 Å². The van der Waals surface area contributed by atoms with Crippen molar-refractivity contribution >= 4 is 46.3 Å². The van der Waals surface area contributed by atoms with Gasteiger partial charge in [-0.2, -0.15) is 0 Å². The lowest BCUT2D eigenvalue weighted by atomic mass is 10.1. The van der Waals surface area contributed by atoms with Crippen LogP contribution < -0.4 is 0 Å². The van der Waals surface area contributed by atoms with Crippen molar-refractivity contribution in [3.8, 4) is 0 Å². The third-order valence-electron chi connectivity index (χ3n) is 4.27. The molecule has 0 atom stereocenters. The predicted molar refractivity (Wildman–Crippen MR) is 108 cm³/mol. The standard InChI is InChI=1S/C20H17Cl2NO3S/c1-12-9-15(13(2)23(12)10-14-5-4-8-27-14)18(24)11-26-20(25)19-16(21)6-3-7-17(19)22/h3-9H,10-11H2,1-2H3. The van der Waals surface area contributed by atoms with Crippen LogP contribution in [0.15, 0.2) is 41.8 Å². The van der Waals surface area contributed by atoms with Crippen molar-refractivity contribution in [3.63, 3.8) is 0 Å². The lowest BCUT2D eigenvalue weighted by Crippen LogP contribution is -2.15. The van der Waals surface area contributed by atoms with E-state index in [4.69, 9.17) is 27.9 Å². The molecule has 0 saturated heterocycles. The molecule has 27 heavy (non-hydrogen) atoms. The van der Waals surface area contributed by atoms with Gasteiger partial charge in [0.2, 0.25) is 5.78 Å². The molecule has 0 bridgehead atoms. The van der Waals surface area contributed by atoms with E-state index in [1.54, 1.807) is 29.5 Å². The summed E-state index contributed by atoms with van der Waals surface area (Å²) in [4.78, 5) is 26.0. The maximum absolute atomic E-state index is 12.6. The van der Waals surface area contributed by atoms with Crippen molar-refractivity contribution in [3.05, 3.63) is 79.2 Å². The van der Waals surface area contributed by atoms with Crippen LogP contribution in [0.25, 0.3) is 0 Å². The van der Waals surface area contributed by atoms with Crippen LogP contribution in [-0.2, 0) is 11.3 Å². The Morgan fingerprint density at radius 3 is 2.44 bits per heavy atom. The number of ether oxygens (including phenoxy) is 1. The molecular formula is C20H17Cl2NO3S. The molecule has 0 aliphatic rings. The Kier molecular flexibility index (Phi) is 6.05. The third-order valence-corrected chi connectivity index (χ3v) is 5.76. The molecule has 0 radical (unpaired) electrons. The third kappa shape index (κ3) is 4.26. The van der Waals surface area contributed by atoms with E-state index in [9.17, 15) is 9.59 Å². The number of nitrogens with zero attached hydrogens (tertiary/aromatic N) is 1. The Morgan fingerprint density at radius 1 is 1.11 bits per heavy atom. The van der Waals surface area contributed by atoms with Crippen LogP contribution >= 0.6 is 34.5 Å². The molecule has 0 saturated carbocycles. The van der Waals surface area contributed by atoms with Gasteiger partial charge in [0, 0.05) is 21.8 Å². The zero-order valence-corrected chi connectivity index (χ0v) is 17.1. The van der Waals surface area contributed by atoms with Crippen molar-refractivity contribution < 1.29 is 14.3 Å². The molecule has 1 aromatic carbocycles. The zero-order valence-electron chi connectivity index (χ0n) is 14.8. The van der Waals surface area contributed by atoms with Crippen molar-refractivity contribution in [2.24, 2.45) is 0 Å². The van der Waals surface area contributed by atoms with Crippen molar-refractivity contribution in [1.29, 1.82) is 0 Å². The minimum Gasteiger partial charge on any atom is -0.454 e. The lowest BCUT2D eigenvalue weighted by molar-refractivity contribution is 0.0475. The van der Waals surface area contributed by atoms with E-state index in [1.807, 2.05) is 31.4 Å². The molecular weight excluding hydrogens is 405 g/mol. The number of carbonyl (C=O) groups excluding carboxylic acids is 2. The number of halogens is 2. The summed E-state index contributed by atoms with van der Waals surface area (Å²) in [5.41, 5.74) is 2.43. The van der Waals surface area contributed by atoms with Gasteiger partial charge in [0.05, 0.1) is 22.2 Å². The second-order valence-corrected chi connectivity index (χ2v) is 7.89. The summed E-state index contributed by atoms with van der Waals surface area (Å²) in [6.45, 7) is 4.18. The number of aromatic nitrogens is 1. The van der Waals surface area contributed by atoms with E-state index in [-0.39, 0.29) is 28.0 Å². The summed E-state index contributed by atoms with van der Waals surface area (Å²) >= 11 is 13.7. The highest BCUT2D eigenvalue weighted by atomic mass is 35.5. The van der Waals surface area contributed by atoms with Crippen LogP contribution in [0.5, 0.6) is 0 Å². The summed E-state index contributed by atoms with van der Waals surface area (Å²) in [5.74, 6) is -0.983. The maximum Gasteiger partial charge on any atom is 0.341 e. The SMILES string of the molecule is Cc1cc(C(=O)COC(=O)c2c(Cl)cccc2Cl)c(C)n1Cc1cccs1. The van der Waals surface area contributed by atoms with E-state index < -0.39 is 5.97 Å². The molecule has 0 aliphatic carbocycles. The van der Waals surface area contributed by atoms with Crippen LogP contribution in [0, 0.1) is 13.8 Å². The van der Waals surface area contributed by atoms with Gasteiger partial charge in [0.25, 0.3) is 0 Å². The molecule has 140 valence electrons. The first kappa shape index (κ1) is 19.7. The fourth-order valence-corrected chi connectivity index (χ4v) is 4.10. The van der Waals surface area contributed by atoms with Gasteiger partial charge in [0.1, 0.15) is 0 Å². The number of aryl methyl sites for hydroxylation is 1. The van der Waals surface area contributed by atoms with Gasteiger partial charge >= 0.3 is 5.97 Å². The second kappa shape index (κ2) is 8.30. The van der Waals surface area contributed by atoms with Crippen molar-refractivity contribution in [2.45, 2.75) is 20.4 Å². The van der Waals surface area contributed by atoms with Gasteiger partial charge in [-0.05, 0) is 43.5 Å². The average Bonchev–Trinajstić information content (AvgIpc) is 3.23.